The summed E-state index contributed by atoms with van der Waals surface area (Å²) in [5, 5.41) is 24.5. The van der Waals surface area contributed by atoms with E-state index in [-0.39, 0.29) is 11.5 Å². The van der Waals surface area contributed by atoms with Gasteiger partial charge in [0.25, 0.3) is 17.3 Å². The minimum Gasteiger partial charge on any atom is -0.338 e. The number of carbonyl (C=O) groups excluding carboxylic acids is 2. The number of anilines is 1. The van der Waals surface area contributed by atoms with E-state index in [1.54, 1.807) is 23.1 Å². The molecule has 1 fully saturated rings. The van der Waals surface area contributed by atoms with Crippen LogP contribution in [0, 0.1) is 20.2 Å². The summed E-state index contributed by atoms with van der Waals surface area (Å²) in [5.74, 6) is -0.625. The molecule has 1 aliphatic rings. The summed E-state index contributed by atoms with van der Waals surface area (Å²) in [4.78, 5) is 46.3. The first-order valence-electron chi connectivity index (χ1n) is 8.45. The highest BCUT2D eigenvalue weighted by atomic mass is 16.6. The maximum absolute atomic E-state index is 12.5. The van der Waals surface area contributed by atoms with Crippen molar-refractivity contribution in [2.45, 2.75) is 19.4 Å². The quantitative estimate of drug-likeness (QED) is 0.601. The average molecular weight is 384 g/mol. The van der Waals surface area contributed by atoms with Crippen molar-refractivity contribution in [2.75, 3.05) is 11.9 Å². The minimum absolute atomic E-state index is 0.0818. The van der Waals surface area contributed by atoms with E-state index < -0.39 is 27.1 Å². The lowest BCUT2D eigenvalue weighted by Gasteiger charge is -2.16. The van der Waals surface area contributed by atoms with E-state index in [4.69, 9.17) is 0 Å². The Hall–Kier alpha value is -3.82. The average Bonchev–Trinajstić information content (AvgIpc) is 3.06. The summed E-state index contributed by atoms with van der Waals surface area (Å²) < 4.78 is 0. The third-order valence-electron chi connectivity index (χ3n) is 4.32. The predicted octanol–water partition coefficient (Wildman–Crippen LogP) is 2.88. The van der Waals surface area contributed by atoms with Crippen molar-refractivity contribution in [3.63, 3.8) is 0 Å². The van der Waals surface area contributed by atoms with Crippen LogP contribution in [0.3, 0.4) is 0 Å². The molecule has 28 heavy (non-hydrogen) atoms. The third kappa shape index (κ3) is 4.29. The zero-order valence-electron chi connectivity index (χ0n) is 14.7. The maximum Gasteiger partial charge on any atom is 0.277 e. The molecule has 0 aromatic heterocycles. The van der Waals surface area contributed by atoms with E-state index in [1.807, 2.05) is 6.07 Å². The van der Waals surface area contributed by atoms with E-state index in [0.29, 0.717) is 25.2 Å². The molecule has 10 nitrogen and oxygen atoms in total. The van der Waals surface area contributed by atoms with Gasteiger partial charge in [-0.15, -0.1) is 0 Å². The van der Waals surface area contributed by atoms with Gasteiger partial charge < -0.3 is 10.2 Å². The number of nitrogens with one attached hydrogen (secondary N) is 1. The molecule has 1 heterocycles. The van der Waals surface area contributed by atoms with Crippen LogP contribution in [0.5, 0.6) is 0 Å². The minimum atomic E-state index is -0.794. The molecule has 10 heteroatoms. The number of rotatable bonds is 6. The molecule has 2 aromatic rings. The van der Waals surface area contributed by atoms with Crippen molar-refractivity contribution in [1.82, 2.24) is 4.90 Å². The van der Waals surface area contributed by atoms with Crippen LogP contribution in [0.25, 0.3) is 0 Å². The van der Waals surface area contributed by atoms with Crippen LogP contribution in [0.1, 0.15) is 28.8 Å². The molecule has 0 saturated carbocycles. The molecule has 0 unspecified atom stereocenters. The van der Waals surface area contributed by atoms with Crippen LogP contribution in [0.2, 0.25) is 0 Å². The molecule has 0 atom stereocenters. The molecule has 2 aromatic carbocycles. The molecule has 0 spiro atoms. The number of nitro benzene ring substituents is 2. The van der Waals surface area contributed by atoms with Crippen molar-refractivity contribution in [2.24, 2.45) is 0 Å². The summed E-state index contributed by atoms with van der Waals surface area (Å²) in [5.41, 5.74) is -0.0382. The van der Waals surface area contributed by atoms with Gasteiger partial charge in [0.1, 0.15) is 0 Å². The number of hydrogen-bond acceptors (Lipinski definition) is 6. The molecule has 1 aliphatic heterocycles. The Balaban J connectivity index is 1.79. The standard InChI is InChI=1S/C18H16N4O6/c23-17-5-2-6-20(17)11-12-3-1-4-14(7-12)19-18(24)13-8-15(21(25)26)10-16(9-13)22(27)28/h1,3-4,7-10H,2,5-6,11H2,(H,19,24). The lowest BCUT2D eigenvalue weighted by Crippen LogP contribution is -2.23. The van der Waals surface area contributed by atoms with Gasteiger partial charge in [-0.3, -0.25) is 29.8 Å². The van der Waals surface area contributed by atoms with Crippen molar-refractivity contribution in [1.29, 1.82) is 0 Å². The summed E-state index contributed by atoms with van der Waals surface area (Å²) >= 11 is 0. The molecule has 144 valence electrons. The van der Waals surface area contributed by atoms with Gasteiger partial charge in [-0.2, -0.15) is 0 Å². The molecule has 1 saturated heterocycles. The van der Waals surface area contributed by atoms with Crippen LogP contribution < -0.4 is 5.32 Å². The van der Waals surface area contributed by atoms with Crippen LogP contribution in [0.15, 0.2) is 42.5 Å². The summed E-state index contributed by atoms with van der Waals surface area (Å²) in [6, 6.07) is 9.60. The lowest BCUT2D eigenvalue weighted by atomic mass is 10.1. The first kappa shape index (κ1) is 19.0. The smallest absolute Gasteiger partial charge is 0.277 e. The third-order valence-corrected chi connectivity index (χ3v) is 4.32. The fourth-order valence-corrected chi connectivity index (χ4v) is 2.98. The van der Waals surface area contributed by atoms with Crippen LogP contribution in [-0.2, 0) is 11.3 Å². The monoisotopic (exact) mass is 384 g/mol. The van der Waals surface area contributed by atoms with Crippen LogP contribution in [-0.4, -0.2) is 33.1 Å². The van der Waals surface area contributed by atoms with Gasteiger partial charge in [-0.25, -0.2) is 0 Å². The fourth-order valence-electron chi connectivity index (χ4n) is 2.98. The molecule has 0 aliphatic carbocycles. The van der Waals surface area contributed by atoms with Crippen LogP contribution >= 0.6 is 0 Å². The highest BCUT2D eigenvalue weighted by Gasteiger charge is 2.21. The Bertz CT molecular complexity index is 942. The van der Waals surface area contributed by atoms with Crippen molar-refractivity contribution in [3.05, 3.63) is 73.8 Å². The van der Waals surface area contributed by atoms with Gasteiger partial charge in [0, 0.05) is 37.3 Å². The Morgan fingerprint density at radius 2 is 1.75 bits per heavy atom. The summed E-state index contributed by atoms with van der Waals surface area (Å²) in [6.07, 6.45) is 1.35. The Labute approximate surface area is 159 Å². The first-order valence-corrected chi connectivity index (χ1v) is 8.45. The van der Waals surface area contributed by atoms with Crippen LogP contribution in [0.4, 0.5) is 17.1 Å². The second-order valence-corrected chi connectivity index (χ2v) is 6.33. The number of likely N-dealkylation sites (tertiary alicyclic amines) is 1. The number of benzene rings is 2. The number of amides is 2. The van der Waals surface area contributed by atoms with Gasteiger partial charge in [0.2, 0.25) is 5.91 Å². The number of hydrogen-bond donors (Lipinski definition) is 1. The zero-order valence-corrected chi connectivity index (χ0v) is 14.7. The molecule has 1 N–H and O–H groups in total. The largest absolute Gasteiger partial charge is 0.338 e. The van der Waals surface area contributed by atoms with Gasteiger partial charge in [0.05, 0.1) is 21.5 Å². The summed E-state index contributed by atoms with van der Waals surface area (Å²) in [6.45, 7) is 1.11. The molecule has 3 rings (SSSR count). The number of carbonyl (C=O) groups is 2. The first-order chi connectivity index (χ1) is 13.3. The molecular weight excluding hydrogens is 368 g/mol. The number of nitro groups is 2. The highest BCUT2D eigenvalue weighted by molar-refractivity contribution is 6.05. The van der Waals surface area contributed by atoms with E-state index in [2.05, 4.69) is 5.32 Å². The van der Waals surface area contributed by atoms with Crippen molar-refractivity contribution < 1.29 is 19.4 Å². The Morgan fingerprint density at radius 1 is 1.07 bits per heavy atom. The van der Waals surface area contributed by atoms with E-state index in [0.717, 1.165) is 30.2 Å². The molecule has 0 bridgehead atoms. The van der Waals surface area contributed by atoms with Crippen molar-refractivity contribution >= 4 is 28.9 Å². The van der Waals surface area contributed by atoms with E-state index >= 15 is 0 Å². The van der Waals surface area contributed by atoms with Gasteiger partial charge in [-0.1, -0.05) is 12.1 Å². The second-order valence-electron chi connectivity index (χ2n) is 6.33. The predicted molar refractivity (Wildman–Crippen MR) is 98.8 cm³/mol. The molecular formula is C18H16N4O6. The number of non-ortho nitro benzene ring substituents is 2. The SMILES string of the molecule is O=C(Nc1cccc(CN2CCCC2=O)c1)c1cc([N+](=O)[O-])cc([N+](=O)[O-])c1. The van der Waals surface area contributed by atoms with E-state index in [9.17, 15) is 29.8 Å². The Morgan fingerprint density at radius 3 is 2.32 bits per heavy atom. The van der Waals surface area contributed by atoms with E-state index in [1.165, 1.54) is 0 Å². The lowest BCUT2D eigenvalue weighted by molar-refractivity contribution is -0.394. The van der Waals surface area contributed by atoms with Crippen molar-refractivity contribution in [3.8, 4) is 0 Å². The van der Waals surface area contributed by atoms with Gasteiger partial charge >= 0.3 is 0 Å². The molecule has 2 amide bonds. The van der Waals surface area contributed by atoms with Gasteiger partial charge in [-0.05, 0) is 24.1 Å². The maximum atomic E-state index is 12.5. The Kier molecular flexibility index (Phi) is 5.30. The highest BCUT2D eigenvalue weighted by Crippen LogP contribution is 2.24. The zero-order chi connectivity index (χ0) is 20.3. The second kappa shape index (κ2) is 7.82. The van der Waals surface area contributed by atoms with Gasteiger partial charge in [0.15, 0.2) is 0 Å². The number of nitrogens with zero attached hydrogens (tertiary/aromatic N) is 3. The topological polar surface area (TPSA) is 136 Å². The fraction of sp³-hybridized carbons (Fsp3) is 0.222. The normalized spacial score (nSPS) is 13.4. The summed E-state index contributed by atoms with van der Waals surface area (Å²) in [7, 11) is 0. The molecule has 0 radical (unpaired) electrons.